The number of nitrogens with zero attached hydrogens (tertiary/aromatic N) is 3. The number of aryl methyl sites for hydroxylation is 1. The summed E-state index contributed by atoms with van der Waals surface area (Å²) in [4.78, 5) is 23.0. The van der Waals surface area contributed by atoms with E-state index >= 15 is 0 Å². The second kappa shape index (κ2) is 5.26. The third-order valence-corrected chi connectivity index (χ3v) is 3.74. The highest BCUT2D eigenvalue weighted by Gasteiger charge is 2.11. The van der Waals surface area contributed by atoms with E-state index in [1.54, 1.807) is 13.2 Å². The second-order valence-electron chi connectivity index (χ2n) is 3.81. The Labute approximate surface area is 101 Å². The van der Waals surface area contributed by atoms with Gasteiger partial charge in [0.25, 0.3) is 5.56 Å². The third-order valence-electron chi connectivity index (χ3n) is 2.44. The largest absolute Gasteiger partial charge is 0.363 e. The highest BCUT2D eigenvalue weighted by molar-refractivity contribution is 7.84. The van der Waals surface area contributed by atoms with Gasteiger partial charge in [-0.05, 0) is 6.92 Å². The fourth-order valence-corrected chi connectivity index (χ4v) is 1.49. The Morgan fingerprint density at radius 1 is 1.41 bits per heavy atom. The van der Waals surface area contributed by atoms with Gasteiger partial charge in [-0.3, -0.25) is 13.6 Å². The van der Waals surface area contributed by atoms with Gasteiger partial charge in [0.2, 0.25) is 5.82 Å². The zero-order valence-corrected chi connectivity index (χ0v) is 11.1. The van der Waals surface area contributed by atoms with E-state index in [-0.39, 0.29) is 11.1 Å². The van der Waals surface area contributed by atoms with Crippen LogP contribution in [0.2, 0.25) is 0 Å². The molecule has 1 N–H and O–H groups in total. The van der Waals surface area contributed by atoms with Crippen molar-refractivity contribution in [2.45, 2.75) is 12.2 Å². The normalized spacial score (nSPS) is 14.4. The van der Waals surface area contributed by atoms with Gasteiger partial charge in [-0.2, -0.15) is 0 Å². The van der Waals surface area contributed by atoms with Crippen LogP contribution in [0.4, 0.5) is 5.82 Å². The van der Waals surface area contributed by atoms with Crippen LogP contribution in [0.3, 0.4) is 0 Å². The molecule has 17 heavy (non-hydrogen) atoms. The Morgan fingerprint density at radius 3 is 2.53 bits per heavy atom. The maximum atomic E-state index is 11.7. The zero-order valence-electron chi connectivity index (χ0n) is 10.3. The Bertz CT molecular complexity index is 548. The van der Waals surface area contributed by atoms with Crippen molar-refractivity contribution in [1.82, 2.24) is 14.3 Å². The van der Waals surface area contributed by atoms with Crippen molar-refractivity contribution in [3.63, 3.8) is 0 Å². The predicted molar refractivity (Wildman–Crippen MR) is 66.7 cm³/mol. The number of rotatable bonds is 4. The smallest absolute Gasteiger partial charge is 0.346 e. The van der Waals surface area contributed by atoms with Crippen molar-refractivity contribution in [1.29, 1.82) is 0 Å². The lowest BCUT2D eigenvalue weighted by Gasteiger charge is -2.11. The van der Waals surface area contributed by atoms with Crippen LogP contribution in [0.25, 0.3) is 0 Å². The molecule has 0 saturated heterocycles. The van der Waals surface area contributed by atoms with Crippen molar-refractivity contribution in [2.75, 3.05) is 18.1 Å². The molecule has 0 saturated carbocycles. The molecule has 2 unspecified atom stereocenters. The lowest BCUT2D eigenvalue weighted by molar-refractivity contribution is 0.604. The molecule has 96 valence electrons. The summed E-state index contributed by atoms with van der Waals surface area (Å²) in [6, 6.07) is 0. The second-order valence-corrected chi connectivity index (χ2v) is 5.61. The van der Waals surface area contributed by atoms with Crippen molar-refractivity contribution in [3.05, 3.63) is 20.8 Å². The molecular formula is C9H16N4O3S. The summed E-state index contributed by atoms with van der Waals surface area (Å²) in [6.45, 7) is 2.17. The fraction of sp³-hybridized carbons (Fsp3) is 0.667. The molecule has 2 atom stereocenters. The van der Waals surface area contributed by atoms with Crippen LogP contribution < -0.4 is 16.6 Å². The van der Waals surface area contributed by atoms with E-state index in [0.717, 1.165) is 9.25 Å². The Hall–Kier alpha value is -1.44. The first kappa shape index (κ1) is 13.6. The van der Waals surface area contributed by atoms with Gasteiger partial charge in [0.15, 0.2) is 0 Å². The first-order valence-corrected chi connectivity index (χ1v) is 6.67. The first-order chi connectivity index (χ1) is 7.84. The number of nitrogens with one attached hydrogen (secondary N) is 1. The monoisotopic (exact) mass is 260 g/mol. The third kappa shape index (κ3) is 3.02. The van der Waals surface area contributed by atoms with E-state index < -0.39 is 22.0 Å². The Morgan fingerprint density at radius 2 is 2.00 bits per heavy atom. The minimum absolute atomic E-state index is 0.0897. The molecular weight excluding hydrogens is 244 g/mol. The molecule has 1 aromatic rings. The van der Waals surface area contributed by atoms with Crippen LogP contribution in [0.15, 0.2) is 9.59 Å². The van der Waals surface area contributed by atoms with E-state index in [9.17, 15) is 13.8 Å². The first-order valence-electron chi connectivity index (χ1n) is 5.05. The summed E-state index contributed by atoms with van der Waals surface area (Å²) in [6.07, 6.45) is 1.60. The van der Waals surface area contributed by atoms with E-state index in [4.69, 9.17) is 0 Å². The summed E-state index contributed by atoms with van der Waals surface area (Å²) in [5.74, 6) is 0.0897. The van der Waals surface area contributed by atoms with Crippen molar-refractivity contribution in [2.24, 2.45) is 14.1 Å². The van der Waals surface area contributed by atoms with Gasteiger partial charge in [-0.1, -0.05) is 0 Å². The minimum atomic E-state index is -0.973. The summed E-state index contributed by atoms with van der Waals surface area (Å²) in [5.41, 5.74) is -0.963. The Kier molecular flexibility index (Phi) is 4.22. The topological polar surface area (TPSA) is 86.0 Å². The van der Waals surface area contributed by atoms with Gasteiger partial charge in [0.1, 0.15) is 0 Å². The maximum absolute atomic E-state index is 11.7. The molecule has 0 aliphatic heterocycles. The van der Waals surface area contributed by atoms with Crippen LogP contribution >= 0.6 is 0 Å². The van der Waals surface area contributed by atoms with Crippen LogP contribution in [-0.2, 0) is 24.9 Å². The molecule has 0 aliphatic rings. The van der Waals surface area contributed by atoms with Gasteiger partial charge in [0, 0.05) is 42.9 Å². The summed E-state index contributed by atoms with van der Waals surface area (Å²) < 4.78 is 13.2. The lowest BCUT2D eigenvalue weighted by Crippen LogP contribution is -2.40. The van der Waals surface area contributed by atoms with E-state index in [0.29, 0.717) is 6.54 Å². The molecule has 0 aliphatic carbocycles. The van der Waals surface area contributed by atoms with E-state index in [2.05, 4.69) is 10.4 Å². The van der Waals surface area contributed by atoms with Gasteiger partial charge < -0.3 is 5.32 Å². The zero-order chi connectivity index (χ0) is 13.2. The molecule has 0 radical (unpaired) electrons. The van der Waals surface area contributed by atoms with Gasteiger partial charge in [-0.25, -0.2) is 9.48 Å². The molecule has 1 heterocycles. The molecule has 0 amide bonds. The van der Waals surface area contributed by atoms with Gasteiger partial charge >= 0.3 is 5.69 Å². The molecule has 8 heteroatoms. The average Bonchev–Trinajstić information content (AvgIpc) is 2.28. The number of anilines is 1. The summed E-state index contributed by atoms with van der Waals surface area (Å²) in [5, 5.41) is 6.53. The van der Waals surface area contributed by atoms with E-state index in [1.165, 1.54) is 14.1 Å². The quantitative estimate of drug-likeness (QED) is 0.724. The summed E-state index contributed by atoms with van der Waals surface area (Å²) >= 11 is 0. The van der Waals surface area contributed by atoms with Gasteiger partial charge in [-0.15, -0.1) is 5.10 Å². The van der Waals surface area contributed by atoms with Crippen LogP contribution in [0.5, 0.6) is 0 Å². The fourth-order valence-electron chi connectivity index (χ4n) is 1.17. The molecule has 0 aromatic carbocycles. The molecule has 0 fully saturated rings. The standard InChI is InChI=1S/C9H16N4O3S/c1-6(17(4)16)5-10-7-8(14)12(2)9(15)13(3)11-7/h6H,5H2,1-4H3,(H,10,11). The predicted octanol–water partition coefficient (Wildman–Crippen LogP) is -1.34. The number of hydrogen-bond donors (Lipinski definition) is 1. The van der Waals surface area contributed by atoms with Crippen LogP contribution in [0.1, 0.15) is 6.92 Å². The molecule has 0 spiro atoms. The number of aromatic nitrogens is 3. The maximum Gasteiger partial charge on any atom is 0.346 e. The molecule has 1 rings (SSSR count). The molecule has 0 bridgehead atoms. The average molecular weight is 260 g/mol. The summed E-state index contributed by atoms with van der Waals surface area (Å²) in [7, 11) is 1.88. The lowest BCUT2D eigenvalue weighted by atomic mass is 10.4. The SMILES string of the molecule is CC(CNc1nn(C)c(=O)n(C)c1=O)S(C)=O. The Balaban J connectivity index is 2.98. The van der Waals surface area contributed by atoms with E-state index in [1.807, 2.05) is 0 Å². The van der Waals surface area contributed by atoms with Crippen molar-refractivity contribution >= 4 is 16.6 Å². The minimum Gasteiger partial charge on any atom is -0.363 e. The highest BCUT2D eigenvalue weighted by Crippen LogP contribution is 1.95. The number of hydrogen-bond acceptors (Lipinski definition) is 5. The molecule has 7 nitrogen and oxygen atoms in total. The van der Waals surface area contributed by atoms with Crippen molar-refractivity contribution in [3.8, 4) is 0 Å². The molecule has 1 aromatic heterocycles. The van der Waals surface area contributed by atoms with Crippen molar-refractivity contribution < 1.29 is 4.21 Å². The highest BCUT2D eigenvalue weighted by atomic mass is 32.2. The van der Waals surface area contributed by atoms with Crippen LogP contribution in [0, 0.1) is 0 Å². The van der Waals surface area contributed by atoms with Crippen LogP contribution in [-0.4, -0.2) is 36.6 Å². The van der Waals surface area contributed by atoms with Gasteiger partial charge in [0.05, 0.1) is 0 Å².